The van der Waals surface area contributed by atoms with Gasteiger partial charge >= 0.3 is 0 Å². The number of imidazole rings is 1. The molecular weight excluding hydrogens is 384 g/mol. The largest absolute Gasteiger partial charge is 0.389 e. The summed E-state index contributed by atoms with van der Waals surface area (Å²) in [7, 11) is 0. The van der Waals surface area contributed by atoms with Crippen LogP contribution in [0.5, 0.6) is 0 Å². The summed E-state index contributed by atoms with van der Waals surface area (Å²) in [5, 5.41) is 11.7. The van der Waals surface area contributed by atoms with Crippen molar-refractivity contribution in [2.24, 2.45) is 0 Å². The van der Waals surface area contributed by atoms with E-state index in [9.17, 15) is 5.11 Å². The highest BCUT2D eigenvalue weighted by Crippen LogP contribution is 2.34. The Morgan fingerprint density at radius 1 is 1.06 bits per heavy atom. The zero-order chi connectivity index (χ0) is 22.2. The van der Waals surface area contributed by atoms with Gasteiger partial charge in [-0.3, -0.25) is 0 Å². The summed E-state index contributed by atoms with van der Waals surface area (Å²) in [5.74, 6) is 1.68. The van der Waals surface area contributed by atoms with Gasteiger partial charge in [-0.05, 0) is 43.9 Å². The van der Waals surface area contributed by atoms with Gasteiger partial charge in [0, 0.05) is 11.3 Å². The van der Waals surface area contributed by atoms with E-state index in [1.54, 1.807) is 0 Å². The van der Waals surface area contributed by atoms with E-state index < -0.39 is 5.60 Å². The van der Waals surface area contributed by atoms with Crippen LogP contribution in [0, 0.1) is 0 Å². The van der Waals surface area contributed by atoms with E-state index in [4.69, 9.17) is 15.7 Å². The molecule has 0 fully saturated rings. The maximum absolute atomic E-state index is 10.6. The van der Waals surface area contributed by atoms with Crippen molar-refractivity contribution in [1.29, 1.82) is 0 Å². The van der Waals surface area contributed by atoms with Gasteiger partial charge in [0.15, 0.2) is 5.82 Å². The first kappa shape index (κ1) is 21.3. The topological polar surface area (TPSA) is 77.0 Å². The third-order valence-corrected chi connectivity index (χ3v) is 5.76. The fourth-order valence-corrected chi connectivity index (χ4v) is 4.40. The van der Waals surface area contributed by atoms with Crippen LogP contribution in [0.3, 0.4) is 0 Å². The Hall–Kier alpha value is -2.92. The molecule has 2 heterocycles. The number of fused-ring (bicyclic) bond motifs is 3. The van der Waals surface area contributed by atoms with Crippen molar-refractivity contribution in [3.63, 3.8) is 0 Å². The molecule has 3 N–H and O–H groups in total. The average Bonchev–Trinajstić information content (AvgIpc) is 3.07. The molecule has 31 heavy (non-hydrogen) atoms. The number of aliphatic hydroxyl groups is 1. The number of aromatic nitrogens is 3. The number of pyridine rings is 1. The van der Waals surface area contributed by atoms with E-state index >= 15 is 0 Å². The Balaban J connectivity index is 1.90. The Labute approximate surface area is 183 Å². The summed E-state index contributed by atoms with van der Waals surface area (Å²) in [6.07, 6.45) is 2.95. The molecule has 1 unspecified atom stereocenters. The summed E-state index contributed by atoms with van der Waals surface area (Å²) in [5.41, 5.74) is 10.5. The van der Waals surface area contributed by atoms with Crippen molar-refractivity contribution in [1.82, 2.24) is 14.5 Å². The lowest BCUT2D eigenvalue weighted by atomic mass is 10.0. The van der Waals surface area contributed by atoms with Crippen molar-refractivity contribution < 1.29 is 5.11 Å². The molecule has 0 radical (unpaired) electrons. The van der Waals surface area contributed by atoms with Gasteiger partial charge in [0.05, 0.1) is 23.2 Å². The molecule has 0 aliphatic carbocycles. The van der Waals surface area contributed by atoms with Crippen LogP contribution in [0.15, 0.2) is 48.5 Å². The molecule has 4 aromatic rings. The lowest BCUT2D eigenvalue weighted by Gasteiger charge is -2.22. The molecular formula is C26H32N4O. The average molecular weight is 417 g/mol. The smallest absolute Gasteiger partial charge is 0.152 e. The van der Waals surface area contributed by atoms with Crippen LogP contribution >= 0.6 is 0 Å². The third kappa shape index (κ3) is 4.42. The molecule has 4 rings (SSSR count). The lowest BCUT2D eigenvalue weighted by Crippen LogP contribution is -2.27. The zero-order valence-electron chi connectivity index (χ0n) is 18.9. The summed E-state index contributed by atoms with van der Waals surface area (Å²) >= 11 is 0. The number of rotatable bonds is 7. The van der Waals surface area contributed by atoms with Gasteiger partial charge < -0.3 is 15.4 Å². The van der Waals surface area contributed by atoms with Crippen LogP contribution in [-0.4, -0.2) is 25.2 Å². The Morgan fingerprint density at radius 3 is 2.48 bits per heavy atom. The van der Waals surface area contributed by atoms with Crippen molar-refractivity contribution in [2.75, 3.05) is 5.73 Å². The number of anilines is 1. The maximum atomic E-state index is 10.6. The van der Waals surface area contributed by atoms with Crippen LogP contribution in [0.25, 0.3) is 21.9 Å². The minimum atomic E-state index is -0.869. The molecule has 5 nitrogen and oxygen atoms in total. The van der Waals surface area contributed by atoms with E-state index in [2.05, 4.69) is 60.9 Å². The van der Waals surface area contributed by atoms with E-state index in [1.807, 2.05) is 19.9 Å². The van der Waals surface area contributed by atoms with E-state index in [-0.39, 0.29) is 5.92 Å². The number of nitrogens with zero attached hydrogens (tertiary/aromatic N) is 3. The van der Waals surface area contributed by atoms with Crippen LogP contribution in [0.2, 0.25) is 0 Å². The Morgan fingerprint density at radius 2 is 1.81 bits per heavy atom. The molecule has 2 aromatic heterocycles. The van der Waals surface area contributed by atoms with E-state index in [0.29, 0.717) is 12.4 Å². The normalized spacial score (nSPS) is 13.2. The monoisotopic (exact) mass is 416 g/mol. The molecule has 2 aromatic carbocycles. The number of benzene rings is 2. The minimum absolute atomic E-state index is 0.270. The zero-order valence-corrected chi connectivity index (χ0v) is 18.9. The van der Waals surface area contributed by atoms with Gasteiger partial charge in [0.1, 0.15) is 11.3 Å². The van der Waals surface area contributed by atoms with Crippen LogP contribution < -0.4 is 5.73 Å². The molecule has 0 bridgehead atoms. The summed E-state index contributed by atoms with van der Waals surface area (Å²) in [4.78, 5) is 9.62. The summed E-state index contributed by atoms with van der Waals surface area (Å²) < 4.78 is 2.16. The standard InChI is InChI=1S/C26H32N4O/c1-5-9-17(2)25-29-22-23(30(25)16-26(3,4)31)20-13-12-19(15-21(20)28-24(22)27)14-18-10-7-6-8-11-18/h6-8,10-13,15,17,31H,5,9,14,16H2,1-4H3,(H2,27,28). The number of nitrogen functional groups attached to an aromatic ring is 1. The molecule has 0 spiro atoms. The van der Waals surface area contributed by atoms with Gasteiger partial charge in [-0.1, -0.05) is 62.7 Å². The summed E-state index contributed by atoms with van der Waals surface area (Å²) in [6, 6.07) is 16.8. The van der Waals surface area contributed by atoms with Gasteiger partial charge in [0.25, 0.3) is 0 Å². The van der Waals surface area contributed by atoms with E-state index in [1.165, 1.54) is 11.1 Å². The maximum Gasteiger partial charge on any atom is 0.152 e. The van der Waals surface area contributed by atoms with Crippen LogP contribution in [0.4, 0.5) is 5.82 Å². The van der Waals surface area contributed by atoms with Gasteiger partial charge in [0.2, 0.25) is 0 Å². The molecule has 0 aliphatic heterocycles. The first-order chi connectivity index (χ1) is 14.8. The predicted octanol–water partition coefficient (Wildman–Crippen LogP) is 5.43. The minimum Gasteiger partial charge on any atom is -0.389 e. The molecule has 0 aliphatic rings. The van der Waals surface area contributed by atoms with Crippen LogP contribution in [0.1, 0.15) is 63.4 Å². The lowest BCUT2D eigenvalue weighted by molar-refractivity contribution is 0.0616. The van der Waals surface area contributed by atoms with Crippen molar-refractivity contribution in [3.05, 3.63) is 65.5 Å². The molecule has 5 heteroatoms. The van der Waals surface area contributed by atoms with Crippen LogP contribution in [-0.2, 0) is 13.0 Å². The first-order valence-electron chi connectivity index (χ1n) is 11.1. The Bertz CT molecular complexity index is 1210. The highest BCUT2D eigenvalue weighted by Gasteiger charge is 2.24. The van der Waals surface area contributed by atoms with Gasteiger partial charge in [-0.2, -0.15) is 0 Å². The number of hydrogen-bond donors (Lipinski definition) is 2. The second kappa shape index (κ2) is 8.31. The van der Waals surface area contributed by atoms with Crippen molar-refractivity contribution in [3.8, 4) is 0 Å². The highest BCUT2D eigenvalue weighted by molar-refractivity contribution is 6.06. The molecule has 1 atom stereocenters. The first-order valence-corrected chi connectivity index (χ1v) is 11.1. The Kier molecular flexibility index (Phi) is 5.71. The molecule has 0 amide bonds. The highest BCUT2D eigenvalue weighted by atomic mass is 16.3. The summed E-state index contributed by atoms with van der Waals surface area (Å²) in [6.45, 7) is 8.49. The number of nitrogens with two attached hydrogens (primary N) is 1. The molecule has 0 saturated heterocycles. The molecule has 162 valence electrons. The SMILES string of the molecule is CCCC(C)c1nc2c(N)nc3cc(Cc4ccccc4)ccc3c2n1CC(C)(C)O. The quantitative estimate of drug-likeness (QED) is 0.421. The van der Waals surface area contributed by atoms with Gasteiger partial charge in [-0.15, -0.1) is 0 Å². The predicted molar refractivity (Wildman–Crippen MR) is 128 cm³/mol. The van der Waals surface area contributed by atoms with Crippen molar-refractivity contribution in [2.45, 2.75) is 65.0 Å². The second-order valence-corrected chi connectivity index (χ2v) is 9.27. The number of hydrogen-bond acceptors (Lipinski definition) is 4. The van der Waals surface area contributed by atoms with Gasteiger partial charge in [-0.25, -0.2) is 9.97 Å². The second-order valence-electron chi connectivity index (χ2n) is 9.27. The van der Waals surface area contributed by atoms with E-state index in [0.717, 1.165) is 47.0 Å². The fourth-order valence-electron chi connectivity index (χ4n) is 4.40. The fraction of sp³-hybridized carbons (Fsp3) is 0.385. The molecule has 0 saturated carbocycles. The van der Waals surface area contributed by atoms with Crippen molar-refractivity contribution >= 4 is 27.8 Å². The third-order valence-electron chi connectivity index (χ3n) is 5.76.